The Morgan fingerprint density at radius 2 is 1.07 bits per heavy atom. The van der Waals surface area contributed by atoms with Crippen molar-refractivity contribution in [2.75, 3.05) is 0 Å². The SMILES string of the molecule is CC(C)(C)OC(=O)c1ccc(C[C]23[CH]4[CH]5[CH]6[CH]2[Ti]56432789[CH]3[CH]2[CH]7[CH]8[CH]39)cc1.O=C(O)c1ccccc1.O=C(O)c1ccccc1. The second-order valence-corrected chi connectivity index (χ2v) is 54.2. The Bertz CT molecular complexity index is 2030. The van der Waals surface area contributed by atoms with Gasteiger partial charge in [0.2, 0.25) is 0 Å². The molecule has 4 unspecified atom stereocenters. The molecule has 4 atom stereocenters. The van der Waals surface area contributed by atoms with Crippen LogP contribution in [0.1, 0.15) is 57.4 Å². The summed E-state index contributed by atoms with van der Waals surface area (Å²) in [5.41, 5.74) is 2.49. The first-order valence-electron chi connectivity index (χ1n) is 16.2. The van der Waals surface area contributed by atoms with E-state index in [0.29, 0.717) is 16.7 Å². The fraction of sp³-hybridized carbons (Fsp3) is 0.417. The van der Waals surface area contributed by atoms with Crippen LogP contribution in [0.15, 0.2) is 84.9 Å². The quantitative estimate of drug-likeness (QED) is 0.221. The van der Waals surface area contributed by atoms with Crippen LogP contribution < -0.4 is 0 Å². The Balaban J connectivity index is 0.000000109. The molecule has 10 aliphatic heterocycles. The first kappa shape index (κ1) is 24.1. The Labute approximate surface area is 237 Å². The Hall–Kier alpha value is -3.22. The second kappa shape index (κ2) is 3.99. The number of carbonyl (C=O) groups is 3. The fourth-order valence-electron chi connectivity index (χ4n) is 27.6. The molecule has 10 aliphatic rings. The summed E-state index contributed by atoms with van der Waals surface area (Å²) in [6.45, 7) is 5.80. The molecule has 2 N–H and O–H groups in total. The van der Waals surface area contributed by atoms with E-state index in [0.717, 1.165) is 3.72 Å². The number of ether oxygens (including phenoxy) is 1. The number of carbonyl (C=O) groups excluding carboxylic acids is 1. The van der Waals surface area contributed by atoms with E-state index in [1.807, 2.05) is 32.9 Å². The third-order valence-corrected chi connectivity index (χ3v) is 85.6. The number of carboxylic acid groups (broad SMARTS) is 2. The Morgan fingerprint density at radius 1 is 0.651 bits per heavy atom. The van der Waals surface area contributed by atoms with Gasteiger partial charge in [-0.2, -0.15) is 0 Å². The average molecular weight is 613 g/mol. The average Bonchev–Trinajstić information content (AvgIpc) is 3.93. The van der Waals surface area contributed by atoms with Gasteiger partial charge in [-0.25, -0.2) is 9.59 Å². The smallest absolute Gasteiger partial charge is 0.335 e. The van der Waals surface area contributed by atoms with E-state index in [-0.39, 0.29) is 5.97 Å². The molecule has 0 saturated carbocycles. The first-order valence-corrected chi connectivity index (χ1v) is 25.1. The number of carboxylic acids is 2. The largest absolute Gasteiger partial charge is 0.478 e. The number of benzene rings is 3. The van der Waals surface area contributed by atoms with Gasteiger partial charge >= 0.3 is 146 Å². The molecule has 1 spiro atoms. The molecule has 0 bridgehead atoms. The van der Waals surface area contributed by atoms with Gasteiger partial charge in [-0.1, -0.05) is 36.4 Å². The summed E-state index contributed by atoms with van der Waals surface area (Å²) in [7, 11) is -3.33. The van der Waals surface area contributed by atoms with Crippen LogP contribution in [-0.4, -0.2) is 33.7 Å². The van der Waals surface area contributed by atoms with Gasteiger partial charge in [-0.05, 0) is 24.3 Å². The molecular weight excluding hydrogens is 576 g/mol. The van der Waals surface area contributed by atoms with Gasteiger partial charge in [0.1, 0.15) is 0 Å². The number of hydrogen-bond donors (Lipinski definition) is 2. The van der Waals surface area contributed by atoms with E-state index < -0.39 is 26.4 Å². The number of fused-ring (bicyclic) bond motifs is 10. The fourth-order valence-corrected chi connectivity index (χ4v) is 151. The van der Waals surface area contributed by atoms with Gasteiger partial charge in [0.25, 0.3) is 0 Å². The first-order chi connectivity index (χ1) is 20.2. The Morgan fingerprint density at radius 3 is 1.35 bits per heavy atom. The van der Waals surface area contributed by atoms with Crippen LogP contribution in [-0.2, 0) is 20.1 Å². The molecule has 43 heavy (non-hydrogen) atoms. The van der Waals surface area contributed by atoms with Crippen LogP contribution in [0.3, 0.4) is 0 Å². The standard InChI is InChI=1S/C17H19O2.2C7H6O2.C5H5.Ti/c1-17(2,3)19-16(18)15-10-8-14(9-11-15)12-13-6-4-5-7-13;2*8-7(9)6-4-2-1-3-5-6;1-2-4-5-3-1;/h4-11H,12H2,1-3H3;2*1-5H,(H,8,9);1-5H;. The molecule has 0 amide bonds. The minimum atomic E-state index is -3.33. The van der Waals surface area contributed by atoms with E-state index in [9.17, 15) is 14.4 Å². The maximum absolute atomic E-state index is 12.3. The van der Waals surface area contributed by atoms with Gasteiger partial charge in [0.05, 0.1) is 11.1 Å². The molecule has 0 radical (unpaired) electrons. The second-order valence-electron chi connectivity index (χ2n) is 20.7. The number of hydrogen-bond acceptors (Lipinski definition) is 4. The van der Waals surface area contributed by atoms with Crippen LogP contribution in [0.5, 0.6) is 0 Å². The van der Waals surface area contributed by atoms with Gasteiger partial charge in [-0.15, -0.1) is 0 Å². The zero-order chi connectivity index (χ0) is 29.9. The zero-order valence-electron chi connectivity index (χ0n) is 24.5. The van der Waals surface area contributed by atoms with Crippen molar-refractivity contribution >= 4 is 17.9 Å². The molecule has 0 aromatic heterocycles. The molecule has 7 heteroatoms. The van der Waals surface area contributed by atoms with Gasteiger partial charge in [-0.3, -0.25) is 0 Å². The molecular formula is C36H36O6Ti. The van der Waals surface area contributed by atoms with Crippen molar-refractivity contribution in [1.82, 2.24) is 0 Å². The van der Waals surface area contributed by atoms with Crippen molar-refractivity contribution < 1.29 is 38.2 Å². The van der Waals surface area contributed by atoms with E-state index in [2.05, 4.69) is 12.1 Å². The van der Waals surface area contributed by atoms with Crippen LogP contribution in [0.25, 0.3) is 0 Å². The summed E-state index contributed by atoms with van der Waals surface area (Å²) >= 11 is 0. The maximum atomic E-state index is 12.3. The van der Waals surface area contributed by atoms with E-state index >= 15 is 0 Å². The van der Waals surface area contributed by atoms with E-state index in [1.165, 1.54) is 50.0 Å². The molecule has 6 nitrogen and oxygen atoms in total. The van der Waals surface area contributed by atoms with Crippen molar-refractivity contribution in [3.05, 3.63) is 107 Å². The summed E-state index contributed by atoms with van der Waals surface area (Å²) in [5, 5.41) is 16.8. The van der Waals surface area contributed by atoms with Gasteiger partial charge < -0.3 is 10.2 Å². The molecule has 10 heterocycles. The summed E-state index contributed by atoms with van der Waals surface area (Å²) in [5.74, 6) is -1.94. The monoisotopic (exact) mass is 612 g/mol. The predicted molar refractivity (Wildman–Crippen MR) is 159 cm³/mol. The number of rotatable bonds is 5. The molecule has 3 aromatic rings. The zero-order valence-corrected chi connectivity index (χ0v) is 26.1. The van der Waals surface area contributed by atoms with Gasteiger partial charge in [0.15, 0.2) is 0 Å². The van der Waals surface area contributed by atoms with Crippen molar-refractivity contribution in [1.29, 1.82) is 0 Å². The number of aromatic carboxylic acids is 2. The molecule has 13 rings (SSSR count). The van der Waals surface area contributed by atoms with Crippen LogP contribution >= 0.6 is 0 Å². The predicted octanol–water partition coefficient (Wildman–Crippen LogP) is 8.71. The van der Waals surface area contributed by atoms with Crippen molar-refractivity contribution in [3.63, 3.8) is 0 Å². The Kier molecular flexibility index (Phi) is 2.24. The van der Waals surface area contributed by atoms with Crippen molar-refractivity contribution in [3.8, 4) is 0 Å². The van der Waals surface area contributed by atoms with Gasteiger partial charge in [0, 0.05) is 0 Å². The van der Waals surface area contributed by atoms with E-state index in [4.69, 9.17) is 14.9 Å². The molecule has 3 aromatic carbocycles. The summed E-state index contributed by atoms with van der Waals surface area (Å²) in [6.07, 6.45) is 1.42. The summed E-state index contributed by atoms with van der Waals surface area (Å²) in [4.78, 5) is 32.7. The molecule has 220 valence electrons. The summed E-state index contributed by atoms with van der Waals surface area (Å²) < 4.78 is 19.3. The van der Waals surface area contributed by atoms with Crippen molar-refractivity contribution in [2.24, 2.45) is 0 Å². The molecule has 10 saturated heterocycles. The van der Waals surface area contributed by atoms with Crippen LogP contribution in [0, 0.1) is 0 Å². The third-order valence-electron chi connectivity index (χ3n) is 24.8. The minimum absolute atomic E-state index is 0.182. The normalized spacial score (nSPS) is 53.2. The topological polar surface area (TPSA) is 101 Å². The molecule has 10 fully saturated rings. The van der Waals surface area contributed by atoms with Crippen molar-refractivity contribution in [2.45, 2.75) is 74.5 Å². The minimum Gasteiger partial charge on any atom is -0.478 e. The van der Waals surface area contributed by atoms with E-state index in [1.54, 1.807) is 60.7 Å². The maximum Gasteiger partial charge on any atom is 0.335 e. The molecule has 0 aliphatic carbocycles. The summed E-state index contributed by atoms with van der Waals surface area (Å²) in [6, 6.07) is 25.2. The van der Waals surface area contributed by atoms with Crippen LogP contribution in [0.2, 0.25) is 41.7 Å². The van der Waals surface area contributed by atoms with Crippen LogP contribution in [0.4, 0.5) is 0 Å². The number of esters is 1. The third kappa shape index (κ3) is 0.790.